The van der Waals surface area contributed by atoms with Gasteiger partial charge in [-0.2, -0.15) is 4.98 Å². The molecule has 5 heteroatoms. The Bertz CT molecular complexity index is 465. The molecular formula is C11H11N3O2. The number of hydrogen-bond acceptors (Lipinski definition) is 4. The van der Waals surface area contributed by atoms with Gasteiger partial charge in [0.05, 0.1) is 12.3 Å². The van der Waals surface area contributed by atoms with E-state index in [0.29, 0.717) is 12.6 Å². The molecule has 1 aliphatic heterocycles. The fourth-order valence-corrected chi connectivity index (χ4v) is 1.35. The predicted molar refractivity (Wildman–Crippen MR) is 56.6 cm³/mol. The van der Waals surface area contributed by atoms with Crippen molar-refractivity contribution < 1.29 is 9.47 Å². The van der Waals surface area contributed by atoms with E-state index >= 15 is 0 Å². The van der Waals surface area contributed by atoms with Gasteiger partial charge in [0.25, 0.3) is 0 Å². The highest BCUT2D eigenvalue weighted by Crippen LogP contribution is 2.12. The van der Waals surface area contributed by atoms with E-state index < -0.39 is 0 Å². The molecular weight excluding hydrogens is 206 g/mol. The van der Waals surface area contributed by atoms with Crippen molar-refractivity contribution in [3.63, 3.8) is 0 Å². The van der Waals surface area contributed by atoms with Crippen LogP contribution in [0.5, 0.6) is 6.01 Å². The number of hydrogen-bond donors (Lipinski definition) is 0. The molecule has 82 valence electrons. The Labute approximate surface area is 92.6 Å². The number of aromatic nitrogens is 3. The Balaban J connectivity index is 1.71. The van der Waals surface area contributed by atoms with Gasteiger partial charge in [0, 0.05) is 0 Å². The van der Waals surface area contributed by atoms with Gasteiger partial charge in [-0.15, -0.1) is 5.10 Å². The molecule has 0 aliphatic carbocycles. The van der Waals surface area contributed by atoms with Gasteiger partial charge in [-0.3, -0.25) is 0 Å². The first-order valence-corrected chi connectivity index (χ1v) is 5.13. The van der Waals surface area contributed by atoms with Crippen molar-refractivity contribution in [1.82, 2.24) is 14.8 Å². The summed E-state index contributed by atoms with van der Waals surface area (Å²) in [6.07, 6.45) is 1.86. The van der Waals surface area contributed by atoms with Crippen LogP contribution in [0.3, 0.4) is 0 Å². The molecule has 2 heterocycles. The minimum atomic E-state index is 0.226. The zero-order valence-corrected chi connectivity index (χ0v) is 8.61. The van der Waals surface area contributed by atoms with Gasteiger partial charge in [-0.25, -0.2) is 4.68 Å². The summed E-state index contributed by atoms with van der Waals surface area (Å²) in [6.45, 7) is 1.30. The number of para-hydroxylation sites is 1. The third-order valence-electron chi connectivity index (χ3n) is 2.29. The van der Waals surface area contributed by atoms with Crippen molar-refractivity contribution in [2.45, 2.75) is 6.10 Å². The molecule has 0 N–H and O–H groups in total. The topological polar surface area (TPSA) is 52.5 Å². The van der Waals surface area contributed by atoms with E-state index in [1.54, 1.807) is 11.0 Å². The van der Waals surface area contributed by atoms with Gasteiger partial charge in [0.2, 0.25) is 0 Å². The molecule has 0 radical (unpaired) electrons. The third kappa shape index (κ3) is 2.04. The standard InChI is InChI=1S/C11H11N3O2/c1-2-4-9(5-3-1)14-8-12-11(13-14)16-7-10-6-15-10/h1-5,8,10H,6-7H2. The Morgan fingerprint density at radius 1 is 1.38 bits per heavy atom. The van der Waals surface area contributed by atoms with Crippen molar-refractivity contribution in [2.75, 3.05) is 13.2 Å². The number of benzene rings is 1. The van der Waals surface area contributed by atoms with Crippen LogP contribution in [0.1, 0.15) is 0 Å². The minimum Gasteiger partial charge on any atom is -0.460 e. The molecule has 3 rings (SSSR count). The van der Waals surface area contributed by atoms with Crippen molar-refractivity contribution >= 4 is 0 Å². The van der Waals surface area contributed by atoms with E-state index in [9.17, 15) is 0 Å². The molecule has 1 aliphatic rings. The van der Waals surface area contributed by atoms with Crippen LogP contribution in [0.15, 0.2) is 36.7 Å². The van der Waals surface area contributed by atoms with Crippen molar-refractivity contribution in [1.29, 1.82) is 0 Å². The second kappa shape index (κ2) is 3.94. The molecule has 1 fully saturated rings. The number of nitrogens with zero attached hydrogens (tertiary/aromatic N) is 3. The van der Waals surface area contributed by atoms with Gasteiger partial charge in [0.1, 0.15) is 19.0 Å². The highest BCUT2D eigenvalue weighted by atomic mass is 16.6. The summed E-state index contributed by atoms with van der Waals surface area (Å²) in [5.74, 6) is 0. The van der Waals surface area contributed by atoms with Crippen molar-refractivity contribution in [3.05, 3.63) is 36.7 Å². The van der Waals surface area contributed by atoms with Crippen LogP contribution in [0, 0.1) is 0 Å². The first-order valence-electron chi connectivity index (χ1n) is 5.13. The Hall–Kier alpha value is -1.88. The molecule has 0 bridgehead atoms. The van der Waals surface area contributed by atoms with Crippen LogP contribution in [-0.4, -0.2) is 34.1 Å². The summed E-state index contributed by atoms with van der Waals surface area (Å²) in [6, 6.07) is 10.2. The van der Waals surface area contributed by atoms with Gasteiger partial charge < -0.3 is 9.47 Å². The molecule has 1 aromatic heterocycles. The summed E-state index contributed by atoms with van der Waals surface area (Å²) in [5.41, 5.74) is 0.965. The van der Waals surface area contributed by atoms with E-state index in [1.807, 2.05) is 30.3 Å². The fourth-order valence-electron chi connectivity index (χ4n) is 1.35. The molecule has 1 unspecified atom stereocenters. The lowest BCUT2D eigenvalue weighted by molar-refractivity contribution is 0.247. The van der Waals surface area contributed by atoms with E-state index in [0.717, 1.165) is 12.3 Å². The second-order valence-electron chi connectivity index (χ2n) is 3.57. The molecule has 2 aromatic rings. The average Bonchev–Trinajstić information content (AvgIpc) is 3.05. The maximum atomic E-state index is 5.36. The Morgan fingerprint density at radius 2 is 2.19 bits per heavy atom. The summed E-state index contributed by atoms with van der Waals surface area (Å²) < 4.78 is 12.1. The monoisotopic (exact) mass is 217 g/mol. The van der Waals surface area contributed by atoms with Crippen LogP contribution in [0.25, 0.3) is 5.69 Å². The summed E-state index contributed by atoms with van der Waals surface area (Å²) >= 11 is 0. The van der Waals surface area contributed by atoms with Crippen LogP contribution in [0.4, 0.5) is 0 Å². The number of epoxide rings is 1. The predicted octanol–water partition coefficient (Wildman–Crippen LogP) is 1.04. The minimum absolute atomic E-state index is 0.226. The summed E-state index contributed by atoms with van der Waals surface area (Å²) in [4.78, 5) is 4.07. The van der Waals surface area contributed by atoms with Crippen LogP contribution >= 0.6 is 0 Å². The zero-order chi connectivity index (χ0) is 10.8. The molecule has 1 saturated heterocycles. The molecule has 0 spiro atoms. The first-order chi connectivity index (χ1) is 7.92. The lowest BCUT2D eigenvalue weighted by atomic mass is 10.3. The van der Waals surface area contributed by atoms with E-state index in [1.165, 1.54) is 0 Å². The summed E-state index contributed by atoms with van der Waals surface area (Å²) in [5, 5.41) is 4.21. The third-order valence-corrected chi connectivity index (χ3v) is 2.29. The quantitative estimate of drug-likeness (QED) is 0.718. The van der Waals surface area contributed by atoms with Gasteiger partial charge in [-0.05, 0) is 12.1 Å². The van der Waals surface area contributed by atoms with Gasteiger partial charge >= 0.3 is 6.01 Å². The second-order valence-corrected chi connectivity index (χ2v) is 3.57. The SMILES string of the molecule is c1ccc(-n2cnc(OCC3CO3)n2)cc1. The van der Waals surface area contributed by atoms with Crippen LogP contribution < -0.4 is 4.74 Å². The van der Waals surface area contributed by atoms with E-state index in [2.05, 4.69) is 10.1 Å². The maximum absolute atomic E-state index is 5.36. The number of ether oxygens (including phenoxy) is 2. The first kappa shape index (κ1) is 9.35. The average molecular weight is 217 g/mol. The highest BCUT2D eigenvalue weighted by Gasteiger charge is 2.23. The largest absolute Gasteiger partial charge is 0.460 e. The highest BCUT2D eigenvalue weighted by molar-refractivity contribution is 5.29. The van der Waals surface area contributed by atoms with Crippen molar-refractivity contribution in [3.8, 4) is 11.7 Å². The fraction of sp³-hybridized carbons (Fsp3) is 0.273. The summed E-state index contributed by atoms with van der Waals surface area (Å²) in [7, 11) is 0. The zero-order valence-electron chi connectivity index (χ0n) is 8.61. The lowest BCUT2D eigenvalue weighted by Crippen LogP contribution is -2.05. The van der Waals surface area contributed by atoms with Crippen molar-refractivity contribution in [2.24, 2.45) is 0 Å². The maximum Gasteiger partial charge on any atom is 0.335 e. The Morgan fingerprint density at radius 3 is 2.94 bits per heavy atom. The molecule has 0 amide bonds. The van der Waals surface area contributed by atoms with E-state index in [4.69, 9.17) is 9.47 Å². The molecule has 16 heavy (non-hydrogen) atoms. The number of rotatable bonds is 4. The van der Waals surface area contributed by atoms with Crippen LogP contribution in [-0.2, 0) is 4.74 Å². The van der Waals surface area contributed by atoms with Gasteiger partial charge in [0.15, 0.2) is 0 Å². The van der Waals surface area contributed by atoms with E-state index in [-0.39, 0.29) is 6.10 Å². The molecule has 1 atom stereocenters. The lowest BCUT2D eigenvalue weighted by Gasteiger charge is -1.98. The smallest absolute Gasteiger partial charge is 0.335 e. The Kier molecular flexibility index (Phi) is 2.30. The van der Waals surface area contributed by atoms with Crippen LogP contribution in [0.2, 0.25) is 0 Å². The normalized spacial score (nSPS) is 18.4. The molecule has 0 saturated carbocycles. The molecule has 5 nitrogen and oxygen atoms in total. The van der Waals surface area contributed by atoms with Gasteiger partial charge in [-0.1, -0.05) is 18.2 Å². The molecule has 1 aromatic carbocycles.